The van der Waals surface area contributed by atoms with Crippen LogP contribution in [0.4, 0.5) is 5.82 Å². The first-order valence-electron chi connectivity index (χ1n) is 7.48. The number of hydrogen-bond donors (Lipinski definition) is 2. The number of nitrogen functional groups attached to an aromatic ring is 1. The number of aryl methyl sites for hydroxylation is 1. The molecule has 2 atom stereocenters. The predicted molar refractivity (Wildman–Crippen MR) is 80.6 cm³/mol. The van der Waals surface area contributed by atoms with Gasteiger partial charge in [0, 0.05) is 6.61 Å². The fourth-order valence-electron chi connectivity index (χ4n) is 3.28. The summed E-state index contributed by atoms with van der Waals surface area (Å²) in [5.74, 6) is 0.670. The van der Waals surface area contributed by atoms with Crippen molar-refractivity contribution in [1.82, 2.24) is 9.97 Å². The van der Waals surface area contributed by atoms with Gasteiger partial charge in [-0.25, -0.2) is 9.97 Å². The lowest BCUT2D eigenvalue weighted by Gasteiger charge is -2.38. The minimum Gasteiger partial charge on any atom is -0.383 e. The Hall–Kier alpha value is -1.69. The van der Waals surface area contributed by atoms with Crippen LogP contribution in [0.25, 0.3) is 0 Å². The number of nitrogens with zero attached hydrogens (tertiary/aromatic N) is 2. The summed E-state index contributed by atoms with van der Waals surface area (Å²) in [5, 5.41) is 0. The summed E-state index contributed by atoms with van der Waals surface area (Å²) in [6.45, 7) is 6.50. The highest BCUT2D eigenvalue weighted by Gasteiger charge is 2.40. The number of nitrogens with two attached hydrogens (primary N) is 2. The van der Waals surface area contributed by atoms with E-state index in [9.17, 15) is 4.79 Å². The Kier molecular flexibility index (Phi) is 4.46. The second-order valence-corrected chi connectivity index (χ2v) is 5.89. The molecule has 1 heterocycles. The van der Waals surface area contributed by atoms with Crippen molar-refractivity contribution in [2.24, 2.45) is 11.7 Å². The van der Waals surface area contributed by atoms with Crippen LogP contribution < -0.4 is 11.5 Å². The van der Waals surface area contributed by atoms with Crippen molar-refractivity contribution in [2.45, 2.75) is 52.1 Å². The summed E-state index contributed by atoms with van der Waals surface area (Å²) in [6, 6.07) is 0. The molecule has 6 heteroatoms. The lowest BCUT2D eigenvalue weighted by atomic mass is 9.78. The first-order valence-corrected chi connectivity index (χ1v) is 7.48. The van der Waals surface area contributed by atoms with Crippen molar-refractivity contribution >= 4 is 11.7 Å². The van der Waals surface area contributed by atoms with Crippen LogP contribution in [0.2, 0.25) is 0 Å². The molecule has 0 radical (unpaired) electrons. The molecule has 2 rings (SSSR count). The van der Waals surface area contributed by atoms with Gasteiger partial charge in [-0.05, 0) is 39.0 Å². The molecule has 0 aliphatic heterocycles. The normalized spacial score (nSPS) is 25.8. The van der Waals surface area contributed by atoms with Gasteiger partial charge in [-0.1, -0.05) is 13.3 Å². The fourth-order valence-corrected chi connectivity index (χ4v) is 3.28. The van der Waals surface area contributed by atoms with E-state index in [0.29, 0.717) is 24.0 Å². The summed E-state index contributed by atoms with van der Waals surface area (Å²) >= 11 is 0. The van der Waals surface area contributed by atoms with Crippen molar-refractivity contribution in [3.05, 3.63) is 17.1 Å². The van der Waals surface area contributed by atoms with Gasteiger partial charge in [0.1, 0.15) is 17.0 Å². The minimum atomic E-state index is -0.598. The molecule has 1 aromatic heterocycles. The summed E-state index contributed by atoms with van der Waals surface area (Å²) in [5.41, 5.74) is 11.5. The summed E-state index contributed by atoms with van der Waals surface area (Å²) in [7, 11) is 0. The number of rotatable bonds is 4. The van der Waals surface area contributed by atoms with E-state index in [1.54, 1.807) is 6.92 Å². The molecule has 1 fully saturated rings. The minimum absolute atomic E-state index is 0.141. The van der Waals surface area contributed by atoms with E-state index in [1.165, 1.54) is 6.42 Å². The standard InChI is InChI=1S/C15H24N4O2/c1-4-21-15(7-5-6-9(2)8-15)14-18-10(3)11(13(17)20)12(16)19-14/h9H,4-8H2,1-3H3,(H2,17,20)(H2,16,18,19). The van der Waals surface area contributed by atoms with Gasteiger partial charge in [0.15, 0.2) is 5.82 Å². The van der Waals surface area contributed by atoms with Crippen LogP contribution in [0, 0.1) is 12.8 Å². The van der Waals surface area contributed by atoms with E-state index in [0.717, 1.165) is 19.3 Å². The first kappa shape index (κ1) is 15.7. The maximum absolute atomic E-state index is 11.4. The van der Waals surface area contributed by atoms with Crippen LogP contribution in [-0.2, 0) is 10.3 Å². The van der Waals surface area contributed by atoms with E-state index in [2.05, 4.69) is 16.9 Å². The van der Waals surface area contributed by atoms with Gasteiger partial charge in [-0.2, -0.15) is 0 Å². The van der Waals surface area contributed by atoms with E-state index >= 15 is 0 Å². The maximum atomic E-state index is 11.4. The molecule has 116 valence electrons. The largest absolute Gasteiger partial charge is 0.383 e. The van der Waals surface area contributed by atoms with Gasteiger partial charge in [-0.15, -0.1) is 0 Å². The van der Waals surface area contributed by atoms with Gasteiger partial charge in [0.2, 0.25) is 0 Å². The molecule has 1 saturated carbocycles. The molecule has 0 bridgehead atoms. The zero-order valence-electron chi connectivity index (χ0n) is 13.0. The van der Waals surface area contributed by atoms with Gasteiger partial charge in [-0.3, -0.25) is 4.79 Å². The van der Waals surface area contributed by atoms with Crippen LogP contribution >= 0.6 is 0 Å². The number of ether oxygens (including phenoxy) is 1. The molecule has 1 aromatic rings. The monoisotopic (exact) mass is 292 g/mol. The second-order valence-electron chi connectivity index (χ2n) is 5.89. The van der Waals surface area contributed by atoms with E-state index < -0.39 is 11.5 Å². The van der Waals surface area contributed by atoms with Crippen LogP contribution in [-0.4, -0.2) is 22.5 Å². The summed E-state index contributed by atoms with van der Waals surface area (Å²) in [6.07, 6.45) is 4.00. The van der Waals surface area contributed by atoms with Crippen LogP contribution in [0.3, 0.4) is 0 Å². The molecule has 0 saturated heterocycles. The third kappa shape index (κ3) is 3.00. The van der Waals surface area contributed by atoms with Crippen LogP contribution in [0.15, 0.2) is 0 Å². The number of carbonyl (C=O) groups excluding carboxylic acids is 1. The van der Waals surface area contributed by atoms with Gasteiger partial charge in [0.05, 0.1) is 5.69 Å². The third-order valence-corrected chi connectivity index (χ3v) is 4.15. The van der Waals surface area contributed by atoms with Crippen molar-refractivity contribution < 1.29 is 9.53 Å². The van der Waals surface area contributed by atoms with E-state index in [1.807, 2.05) is 6.92 Å². The Morgan fingerprint density at radius 3 is 2.71 bits per heavy atom. The predicted octanol–water partition coefficient (Wildman–Crippen LogP) is 1.91. The third-order valence-electron chi connectivity index (χ3n) is 4.15. The number of anilines is 1. The van der Waals surface area contributed by atoms with Crippen molar-refractivity contribution in [3.8, 4) is 0 Å². The molecule has 1 aliphatic rings. The number of aromatic nitrogens is 2. The highest BCUT2D eigenvalue weighted by atomic mass is 16.5. The molecule has 0 spiro atoms. The second kappa shape index (κ2) is 5.97. The van der Waals surface area contributed by atoms with Gasteiger partial charge in [0.25, 0.3) is 5.91 Å². The molecular weight excluding hydrogens is 268 g/mol. The van der Waals surface area contributed by atoms with Crippen LogP contribution in [0.5, 0.6) is 0 Å². The SMILES string of the molecule is CCOC1(c2nc(C)c(C(N)=O)c(N)n2)CCCC(C)C1. The Bertz CT molecular complexity index is 519. The van der Waals surface area contributed by atoms with Crippen LogP contribution in [0.1, 0.15) is 61.4 Å². The number of hydrogen-bond acceptors (Lipinski definition) is 5. The average molecular weight is 292 g/mol. The van der Waals surface area contributed by atoms with Gasteiger partial charge >= 0.3 is 0 Å². The lowest BCUT2D eigenvalue weighted by Crippen LogP contribution is -2.38. The highest BCUT2D eigenvalue weighted by Crippen LogP contribution is 2.42. The maximum Gasteiger partial charge on any atom is 0.254 e. The zero-order chi connectivity index (χ0) is 15.6. The quantitative estimate of drug-likeness (QED) is 0.882. The Morgan fingerprint density at radius 1 is 1.48 bits per heavy atom. The molecule has 21 heavy (non-hydrogen) atoms. The highest BCUT2D eigenvalue weighted by molar-refractivity contribution is 5.98. The Morgan fingerprint density at radius 2 is 2.19 bits per heavy atom. The Balaban J connectivity index is 2.48. The molecule has 0 aromatic carbocycles. The molecule has 1 aliphatic carbocycles. The number of amides is 1. The number of primary amides is 1. The molecule has 2 unspecified atom stereocenters. The van der Waals surface area contributed by atoms with Crippen molar-refractivity contribution in [1.29, 1.82) is 0 Å². The summed E-state index contributed by atoms with van der Waals surface area (Å²) < 4.78 is 6.04. The van der Waals surface area contributed by atoms with E-state index in [4.69, 9.17) is 16.2 Å². The van der Waals surface area contributed by atoms with E-state index in [-0.39, 0.29) is 11.4 Å². The molecule has 6 nitrogen and oxygen atoms in total. The molecular formula is C15H24N4O2. The fraction of sp³-hybridized carbons (Fsp3) is 0.667. The smallest absolute Gasteiger partial charge is 0.254 e. The van der Waals surface area contributed by atoms with Crippen molar-refractivity contribution in [3.63, 3.8) is 0 Å². The van der Waals surface area contributed by atoms with Gasteiger partial charge < -0.3 is 16.2 Å². The van der Waals surface area contributed by atoms with Crippen molar-refractivity contribution in [2.75, 3.05) is 12.3 Å². The topological polar surface area (TPSA) is 104 Å². The summed E-state index contributed by atoms with van der Waals surface area (Å²) in [4.78, 5) is 20.3. The zero-order valence-corrected chi connectivity index (χ0v) is 13.0. The number of carbonyl (C=O) groups is 1. The lowest BCUT2D eigenvalue weighted by molar-refractivity contribution is -0.0881. The molecule has 1 amide bonds. The average Bonchev–Trinajstić information content (AvgIpc) is 2.37. The Labute approximate surface area is 125 Å². The molecule has 4 N–H and O–H groups in total. The first-order chi connectivity index (χ1) is 9.89.